The number of esters is 1. The van der Waals surface area contributed by atoms with Gasteiger partial charge in [-0.25, -0.2) is 9.78 Å². The number of carbonyl (C=O) groups is 2. The molecule has 0 aliphatic carbocycles. The van der Waals surface area contributed by atoms with E-state index < -0.39 is 17.9 Å². The van der Waals surface area contributed by atoms with Crippen LogP contribution in [0.2, 0.25) is 0 Å². The number of ether oxygens (including phenoxy) is 1. The molecule has 2 aromatic rings. The van der Waals surface area contributed by atoms with Gasteiger partial charge in [0.1, 0.15) is 5.75 Å². The number of pyridine rings is 1. The van der Waals surface area contributed by atoms with Gasteiger partial charge < -0.3 is 15.2 Å². The summed E-state index contributed by atoms with van der Waals surface area (Å²) in [5.41, 5.74) is 0.426. The zero-order valence-corrected chi connectivity index (χ0v) is 11.3. The van der Waals surface area contributed by atoms with Crippen LogP contribution in [-0.2, 0) is 9.53 Å². The van der Waals surface area contributed by atoms with E-state index in [1.54, 1.807) is 30.3 Å². The minimum absolute atomic E-state index is 0.151. The molecule has 2 N–H and O–H groups in total. The fourth-order valence-electron chi connectivity index (χ4n) is 1.81. The van der Waals surface area contributed by atoms with E-state index in [2.05, 4.69) is 10.3 Å². The number of nitrogens with zero attached hydrogens (tertiary/aromatic N) is 1. The van der Waals surface area contributed by atoms with Crippen molar-refractivity contribution >= 4 is 11.9 Å². The molecule has 1 aromatic carbocycles. The van der Waals surface area contributed by atoms with E-state index in [1.165, 1.54) is 25.4 Å². The zero-order chi connectivity index (χ0) is 15.2. The average molecular weight is 286 g/mol. The lowest BCUT2D eigenvalue weighted by atomic mass is 10.1. The lowest BCUT2D eigenvalue weighted by Gasteiger charge is -2.16. The van der Waals surface area contributed by atoms with Gasteiger partial charge in [-0.2, -0.15) is 0 Å². The molecule has 0 saturated heterocycles. The first kappa shape index (κ1) is 14.5. The third-order valence-electron chi connectivity index (χ3n) is 2.85. The number of hydrogen-bond acceptors (Lipinski definition) is 5. The highest BCUT2D eigenvalue weighted by Gasteiger charge is 2.25. The molecule has 1 aromatic heterocycles. The molecule has 108 valence electrons. The van der Waals surface area contributed by atoms with Crippen LogP contribution in [0.4, 0.5) is 0 Å². The van der Waals surface area contributed by atoms with Crippen LogP contribution in [0.25, 0.3) is 0 Å². The van der Waals surface area contributed by atoms with Crippen molar-refractivity contribution in [2.45, 2.75) is 6.04 Å². The minimum atomic E-state index is -0.967. The summed E-state index contributed by atoms with van der Waals surface area (Å²) < 4.78 is 4.70. The Bertz CT molecular complexity index is 643. The number of benzene rings is 1. The molecule has 21 heavy (non-hydrogen) atoms. The number of amides is 1. The van der Waals surface area contributed by atoms with Gasteiger partial charge in [-0.05, 0) is 17.7 Å². The highest BCUT2D eigenvalue weighted by Crippen LogP contribution is 2.17. The first-order valence-corrected chi connectivity index (χ1v) is 6.21. The standard InChI is InChI=1S/C15H14N2O4/c1-21-15(20)12(10-6-3-2-4-7-10)17-14(19)13-11(18)8-5-9-16-13/h2-9,12,18H,1H3,(H,17,19). The monoisotopic (exact) mass is 286 g/mol. The van der Waals surface area contributed by atoms with E-state index in [0.717, 1.165) is 0 Å². The average Bonchev–Trinajstić information content (AvgIpc) is 2.53. The summed E-state index contributed by atoms with van der Waals surface area (Å²) in [6.45, 7) is 0. The number of aromatic hydroxyl groups is 1. The molecular formula is C15H14N2O4. The Labute approximate surface area is 121 Å². The van der Waals surface area contributed by atoms with Gasteiger partial charge in [-0.15, -0.1) is 0 Å². The van der Waals surface area contributed by atoms with Crippen LogP contribution in [0.3, 0.4) is 0 Å². The maximum atomic E-state index is 12.1. The predicted octanol–water partition coefficient (Wildman–Crippen LogP) is 1.43. The van der Waals surface area contributed by atoms with E-state index in [-0.39, 0.29) is 11.4 Å². The van der Waals surface area contributed by atoms with Crippen LogP contribution < -0.4 is 5.32 Å². The SMILES string of the molecule is COC(=O)C(NC(=O)c1ncccc1O)c1ccccc1. The number of nitrogens with one attached hydrogen (secondary N) is 1. The van der Waals surface area contributed by atoms with Crippen LogP contribution in [0.5, 0.6) is 5.75 Å². The van der Waals surface area contributed by atoms with E-state index in [0.29, 0.717) is 5.56 Å². The van der Waals surface area contributed by atoms with Crippen molar-refractivity contribution in [1.82, 2.24) is 10.3 Å². The summed E-state index contributed by atoms with van der Waals surface area (Å²) in [6.07, 6.45) is 1.38. The third-order valence-corrected chi connectivity index (χ3v) is 2.85. The molecule has 1 heterocycles. The molecule has 0 spiro atoms. The topological polar surface area (TPSA) is 88.5 Å². The normalized spacial score (nSPS) is 11.5. The Hall–Kier alpha value is -2.89. The second kappa shape index (κ2) is 6.51. The molecule has 0 bridgehead atoms. The first-order chi connectivity index (χ1) is 10.1. The van der Waals surface area contributed by atoms with Gasteiger partial charge in [-0.3, -0.25) is 4.79 Å². The highest BCUT2D eigenvalue weighted by atomic mass is 16.5. The van der Waals surface area contributed by atoms with Gasteiger partial charge in [0, 0.05) is 6.20 Å². The third kappa shape index (κ3) is 3.36. The molecule has 1 unspecified atom stereocenters. The van der Waals surface area contributed by atoms with E-state index >= 15 is 0 Å². The molecule has 2 rings (SSSR count). The number of hydrogen-bond donors (Lipinski definition) is 2. The van der Waals surface area contributed by atoms with E-state index in [1.807, 2.05) is 0 Å². The quantitative estimate of drug-likeness (QED) is 0.830. The first-order valence-electron chi connectivity index (χ1n) is 6.21. The van der Waals surface area contributed by atoms with Crippen molar-refractivity contribution < 1.29 is 19.4 Å². The molecule has 0 radical (unpaired) electrons. The van der Waals surface area contributed by atoms with Gasteiger partial charge in [0.05, 0.1) is 7.11 Å². The lowest BCUT2D eigenvalue weighted by Crippen LogP contribution is -2.35. The largest absolute Gasteiger partial charge is 0.505 e. The molecule has 6 heteroatoms. The van der Waals surface area contributed by atoms with Crippen molar-refractivity contribution in [2.24, 2.45) is 0 Å². The van der Waals surface area contributed by atoms with Crippen LogP contribution in [0.1, 0.15) is 22.1 Å². The van der Waals surface area contributed by atoms with Gasteiger partial charge in [-0.1, -0.05) is 30.3 Å². The fraction of sp³-hybridized carbons (Fsp3) is 0.133. The molecule has 0 fully saturated rings. The highest BCUT2D eigenvalue weighted by molar-refractivity contribution is 5.97. The van der Waals surface area contributed by atoms with Crippen molar-refractivity contribution in [2.75, 3.05) is 7.11 Å². The molecule has 6 nitrogen and oxygen atoms in total. The lowest BCUT2D eigenvalue weighted by molar-refractivity contribution is -0.143. The van der Waals surface area contributed by atoms with Gasteiger partial charge in [0.2, 0.25) is 0 Å². The number of carbonyl (C=O) groups excluding carboxylic acids is 2. The van der Waals surface area contributed by atoms with Crippen LogP contribution >= 0.6 is 0 Å². The van der Waals surface area contributed by atoms with Crippen molar-refractivity contribution in [3.05, 3.63) is 59.9 Å². The Morgan fingerprint density at radius 3 is 2.52 bits per heavy atom. The van der Waals surface area contributed by atoms with Crippen molar-refractivity contribution in [3.63, 3.8) is 0 Å². The van der Waals surface area contributed by atoms with Gasteiger partial charge in [0.15, 0.2) is 11.7 Å². The molecule has 0 saturated carbocycles. The number of rotatable bonds is 4. The minimum Gasteiger partial charge on any atom is -0.505 e. The number of aromatic nitrogens is 1. The predicted molar refractivity (Wildman–Crippen MR) is 74.6 cm³/mol. The molecule has 1 amide bonds. The van der Waals surface area contributed by atoms with Crippen LogP contribution in [-0.4, -0.2) is 29.1 Å². The summed E-state index contributed by atoms with van der Waals surface area (Å²) in [5, 5.41) is 12.1. The summed E-state index contributed by atoms with van der Waals surface area (Å²) in [7, 11) is 1.24. The van der Waals surface area contributed by atoms with Crippen molar-refractivity contribution in [1.29, 1.82) is 0 Å². The Balaban J connectivity index is 2.26. The number of methoxy groups -OCH3 is 1. The second-order valence-electron chi connectivity index (χ2n) is 4.21. The fourth-order valence-corrected chi connectivity index (χ4v) is 1.81. The Kier molecular flexibility index (Phi) is 4.50. The Morgan fingerprint density at radius 2 is 1.90 bits per heavy atom. The zero-order valence-electron chi connectivity index (χ0n) is 11.3. The molecular weight excluding hydrogens is 272 g/mol. The summed E-state index contributed by atoms with van der Waals surface area (Å²) in [5.74, 6) is -1.52. The van der Waals surface area contributed by atoms with Gasteiger partial charge >= 0.3 is 5.97 Å². The van der Waals surface area contributed by atoms with E-state index in [4.69, 9.17) is 4.74 Å². The smallest absolute Gasteiger partial charge is 0.333 e. The molecule has 0 aliphatic heterocycles. The molecule has 1 atom stereocenters. The summed E-state index contributed by atoms with van der Waals surface area (Å²) >= 11 is 0. The maximum Gasteiger partial charge on any atom is 0.333 e. The Morgan fingerprint density at radius 1 is 1.19 bits per heavy atom. The summed E-state index contributed by atoms with van der Waals surface area (Å²) in [4.78, 5) is 27.8. The maximum absolute atomic E-state index is 12.1. The van der Waals surface area contributed by atoms with Gasteiger partial charge in [0.25, 0.3) is 5.91 Å². The van der Waals surface area contributed by atoms with Crippen molar-refractivity contribution in [3.8, 4) is 5.75 Å². The summed E-state index contributed by atoms with van der Waals surface area (Å²) in [6, 6.07) is 10.6. The second-order valence-corrected chi connectivity index (χ2v) is 4.21. The van der Waals surface area contributed by atoms with E-state index in [9.17, 15) is 14.7 Å². The van der Waals surface area contributed by atoms with Crippen LogP contribution in [0.15, 0.2) is 48.7 Å². The van der Waals surface area contributed by atoms with Crippen LogP contribution in [0, 0.1) is 0 Å². The molecule has 0 aliphatic rings.